The largest absolute Gasteiger partial charge is 0.347 e. The molecule has 0 saturated heterocycles. The van der Waals surface area contributed by atoms with E-state index >= 15 is 0 Å². The number of nitrogens with zero attached hydrogens (tertiary/aromatic N) is 3. The van der Waals surface area contributed by atoms with Crippen LogP contribution >= 0.6 is 11.6 Å². The number of likely N-dealkylation sites (N-methyl/N-ethyl adjacent to an activating group) is 1. The van der Waals surface area contributed by atoms with Crippen LogP contribution in [0.3, 0.4) is 0 Å². The number of halogens is 1. The Morgan fingerprint density at radius 2 is 2.33 bits per heavy atom. The van der Waals surface area contributed by atoms with Crippen molar-refractivity contribution >= 4 is 17.5 Å². The van der Waals surface area contributed by atoms with Crippen LogP contribution in [0.15, 0.2) is 12.5 Å². The maximum atomic E-state index is 11.7. The predicted molar refractivity (Wildman–Crippen MR) is 57.8 cm³/mol. The van der Waals surface area contributed by atoms with Crippen molar-refractivity contribution in [3.8, 4) is 0 Å². The second kappa shape index (κ2) is 3.85. The SMILES string of the molecule is CN(C)C(=O)C(Cl)c1cncn1C1CC1. The second-order valence-electron chi connectivity index (χ2n) is 4.05. The highest BCUT2D eigenvalue weighted by molar-refractivity contribution is 6.30. The molecule has 0 radical (unpaired) electrons. The van der Waals surface area contributed by atoms with E-state index in [0.29, 0.717) is 6.04 Å². The molecule has 1 saturated carbocycles. The summed E-state index contributed by atoms with van der Waals surface area (Å²) in [5.74, 6) is -0.0981. The molecule has 15 heavy (non-hydrogen) atoms. The fraction of sp³-hybridized carbons (Fsp3) is 0.600. The molecule has 1 fully saturated rings. The molecule has 82 valence electrons. The van der Waals surface area contributed by atoms with Crippen molar-refractivity contribution in [2.45, 2.75) is 24.3 Å². The Hall–Kier alpha value is -1.03. The van der Waals surface area contributed by atoms with Gasteiger partial charge in [-0.2, -0.15) is 0 Å². The minimum Gasteiger partial charge on any atom is -0.347 e. The summed E-state index contributed by atoms with van der Waals surface area (Å²) in [6, 6.07) is 0.499. The van der Waals surface area contributed by atoms with Gasteiger partial charge < -0.3 is 9.47 Å². The molecule has 2 rings (SSSR count). The first-order valence-corrected chi connectivity index (χ1v) is 5.42. The van der Waals surface area contributed by atoms with Crippen molar-refractivity contribution in [1.82, 2.24) is 14.5 Å². The Kier molecular flexibility index (Phi) is 2.69. The van der Waals surface area contributed by atoms with Gasteiger partial charge in [-0.3, -0.25) is 4.79 Å². The average molecular weight is 228 g/mol. The van der Waals surface area contributed by atoms with Crippen molar-refractivity contribution in [2.24, 2.45) is 0 Å². The molecule has 1 amide bonds. The summed E-state index contributed by atoms with van der Waals surface area (Å²) in [6.45, 7) is 0. The molecule has 0 N–H and O–H groups in total. The molecule has 4 nitrogen and oxygen atoms in total. The fourth-order valence-corrected chi connectivity index (χ4v) is 1.89. The number of amides is 1. The summed E-state index contributed by atoms with van der Waals surface area (Å²) in [6.07, 6.45) is 5.74. The third kappa shape index (κ3) is 2.00. The highest BCUT2D eigenvalue weighted by Crippen LogP contribution is 2.38. The Balaban J connectivity index is 2.20. The van der Waals surface area contributed by atoms with E-state index in [1.807, 2.05) is 4.57 Å². The molecule has 1 aliphatic rings. The summed E-state index contributed by atoms with van der Waals surface area (Å²) in [4.78, 5) is 17.2. The van der Waals surface area contributed by atoms with Crippen molar-refractivity contribution in [3.63, 3.8) is 0 Å². The third-order valence-corrected chi connectivity index (χ3v) is 2.96. The van der Waals surface area contributed by atoms with E-state index in [4.69, 9.17) is 11.6 Å². The lowest BCUT2D eigenvalue weighted by Gasteiger charge is -2.16. The Bertz CT molecular complexity index is 370. The van der Waals surface area contributed by atoms with Gasteiger partial charge in [0.25, 0.3) is 0 Å². The smallest absolute Gasteiger partial charge is 0.246 e. The molecule has 1 aliphatic carbocycles. The lowest BCUT2D eigenvalue weighted by molar-refractivity contribution is -0.128. The summed E-state index contributed by atoms with van der Waals surface area (Å²) < 4.78 is 2.01. The van der Waals surface area contributed by atoms with Crippen LogP contribution < -0.4 is 0 Å². The molecule has 0 aromatic carbocycles. The number of imidazole rings is 1. The fourth-order valence-electron chi connectivity index (χ4n) is 1.52. The number of rotatable bonds is 3. The van der Waals surface area contributed by atoms with E-state index in [1.54, 1.807) is 26.6 Å². The highest BCUT2D eigenvalue weighted by Gasteiger charge is 2.30. The van der Waals surface area contributed by atoms with Gasteiger partial charge in [-0.05, 0) is 12.8 Å². The van der Waals surface area contributed by atoms with E-state index in [0.717, 1.165) is 18.5 Å². The van der Waals surface area contributed by atoms with Gasteiger partial charge in [-0.25, -0.2) is 4.98 Å². The molecule has 0 bridgehead atoms. The normalized spacial score (nSPS) is 17.5. The maximum Gasteiger partial charge on any atom is 0.246 e. The predicted octanol–water partition coefficient (Wildman–Crippen LogP) is 1.59. The average Bonchev–Trinajstić information content (AvgIpc) is 2.94. The van der Waals surface area contributed by atoms with Crippen LogP contribution in [0.4, 0.5) is 0 Å². The Morgan fingerprint density at radius 1 is 1.67 bits per heavy atom. The van der Waals surface area contributed by atoms with Crippen molar-refractivity contribution in [3.05, 3.63) is 18.2 Å². The zero-order chi connectivity index (χ0) is 11.0. The molecule has 0 aliphatic heterocycles. The minimum atomic E-state index is -0.622. The summed E-state index contributed by atoms with van der Waals surface area (Å²) in [5, 5.41) is -0.622. The number of carbonyl (C=O) groups is 1. The van der Waals surface area contributed by atoms with Crippen LogP contribution in [0.5, 0.6) is 0 Å². The van der Waals surface area contributed by atoms with Gasteiger partial charge in [0.2, 0.25) is 5.91 Å². The molecule has 1 aromatic rings. The van der Waals surface area contributed by atoms with Crippen LogP contribution in [-0.2, 0) is 4.79 Å². The maximum absolute atomic E-state index is 11.7. The van der Waals surface area contributed by atoms with Crippen molar-refractivity contribution < 1.29 is 4.79 Å². The molecular formula is C10H14ClN3O. The molecule has 1 unspecified atom stereocenters. The number of carbonyl (C=O) groups excluding carboxylic acids is 1. The van der Waals surface area contributed by atoms with Crippen LogP contribution in [0.2, 0.25) is 0 Å². The van der Waals surface area contributed by atoms with Crippen LogP contribution in [0.25, 0.3) is 0 Å². The van der Waals surface area contributed by atoms with Gasteiger partial charge in [0, 0.05) is 20.1 Å². The van der Waals surface area contributed by atoms with E-state index in [1.165, 1.54) is 4.90 Å². The van der Waals surface area contributed by atoms with Gasteiger partial charge in [-0.1, -0.05) is 0 Å². The highest BCUT2D eigenvalue weighted by atomic mass is 35.5. The quantitative estimate of drug-likeness (QED) is 0.736. The molecule has 5 heteroatoms. The second-order valence-corrected chi connectivity index (χ2v) is 4.49. The minimum absolute atomic E-state index is 0.0981. The molecule has 1 atom stereocenters. The number of hydrogen-bond acceptors (Lipinski definition) is 2. The first-order valence-electron chi connectivity index (χ1n) is 4.98. The standard InChI is InChI=1S/C10H14ClN3O/c1-13(2)10(15)9(11)8-5-12-6-14(8)7-3-4-7/h5-7,9H,3-4H2,1-2H3. The number of hydrogen-bond donors (Lipinski definition) is 0. The lowest BCUT2D eigenvalue weighted by Crippen LogP contribution is -2.26. The van der Waals surface area contributed by atoms with Gasteiger partial charge in [0.05, 0.1) is 18.2 Å². The molecule has 0 spiro atoms. The van der Waals surface area contributed by atoms with Gasteiger partial charge in [0.15, 0.2) is 5.38 Å². The zero-order valence-electron chi connectivity index (χ0n) is 8.85. The van der Waals surface area contributed by atoms with Gasteiger partial charge in [0.1, 0.15) is 0 Å². The van der Waals surface area contributed by atoms with Crippen molar-refractivity contribution in [2.75, 3.05) is 14.1 Å². The monoisotopic (exact) mass is 227 g/mol. The number of aromatic nitrogens is 2. The van der Waals surface area contributed by atoms with Gasteiger partial charge >= 0.3 is 0 Å². The van der Waals surface area contributed by atoms with Crippen molar-refractivity contribution in [1.29, 1.82) is 0 Å². The third-order valence-electron chi connectivity index (χ3n) is 2.55. The molecule has 1 heterocycles. The summed E-state index contributed by atoms with van der Waals surface area (Å²) in [5.41, 5.74) is 0.804. The van der Waals surface area contributed by atoms with Crippen LogP contribution in [0, 0.1) is 0 Å². The number of alkyl halides is 1. The molecular weight excluding hydrogens is 214 g/mol. The van der Waals surface area contributed by atoms with E-state index in [2.05, 4.69) is 4.98 Å². The summed E-state index contributed by atoms with van der Waals surface area (Å²) in [7, 11) is 3.41. The Morgan fingerprint density at radius 3 is 2.87 bits per heavy atom. The van der Waals surface area contributed by atoms with E-state index in [9.17, 15) is 4.79 Å². The lowest BCUT2D eigenvalue weighted by atomic mass is 10.3. The van der Waals surface area contributed by atoms with Crippen LogP contribution in [0.1, 0.15) is 30.0 Å². The molecule has 1 aromatic heterocycles. The zero-order valence-corrected chi connectivity index (χ0v) is 9.61. The first kappa shape index (κ1) is 10.5. The van der Waals surface area contributed by atoms with E-state index < -0.39 is 5.38 Å². The first-order chi connectivity index (χ1) is 7.11. The topological polar surface area (TPSA) is 38.1 Å². The Labute approximate surface area is 93.8 Å². The van der Waals surface area contributed by atoms with E-state index in [-0.39, 0.29) is 5.91 Å². The van der Waals surface area contributed by atoms with Gasteiger partial charge in [-0.15, -0.1) is 11.6 Å². The van der Waals surface area contributed by atoms with Crippen LogP contribution in [-0.4, -0.2) is 34.5 Å². The summed E-state index contributed by atoms with van der Waals surface area (Å²) >= 11 is 6.12.